The molecule has 0 bridgehead atoms. The second-order valence-corrected chi connectivity index (χ2v) is 12.4. The van der Waals surface area contributed by atoms with Crippen LogP contribution in [0, 0.1) is 5.41 Å². The highest BCUT2D eigenvalue weighted by Crippen LogP contribution is 2.46. The molecule has 11 heteroatoms. The van der Waals surface area contributed by atoms with Gasteiger partial charge in [0.15, 0.2) is 0 Å². The van der Waals surface area contributed by atoms with Crippen LogP contribution < -0.4 is 0 Å². The molecule has 2 aliphatic heterocycles. The molecule has 0 N–H and O–H groups in total. The first-order valence-electron chi connectivity index (χ1n) is 11.9. The maximum Gasteiger partial charge on any atom is 0.457 e. The van der Waals surface area contributed by atoms with Crippen molar-refractivity contribution >= 4 is 19.2 Å². The van der Waals surface area contributed by atoms with E-state index in [-0.39, 0.29) is 20.2 Å². The lowest BCUT2D eigenvalue weighted by atomic mass is 9.66. The van der Waals surface area contributed by atoms with Crippen molar-refractivity contribution in [1.82, 2.24) is 4.90 Å². The summed E-state index contributed by atoms with van der Waals surface area (Å²) in [7, 11) is -0.372. The SMILES string of the molecule is CC(C)(C)OC(=O)[C@H]1N(C(=O)OC(C)(C)C)C[C@@]1(CCCB1OC(C)(C)C(C)(C)O1)CN=[N+]=[N-]. The molecule has 2 aliphatic rings. The predicted molar refractivity (Wildman–Crippen MR) is 129 cm³/mol. The highest BCUT2D eigenvalue weighted by Gasteiger charge is 2.60. The van der Waals surface area contributed by atoms with Gasteiger partial charge in [0.1, 0.15) is 17.2 Å². The van der Waals surface area contributed by atoms with Gasteiger partial charge in [0.25, 0.3) is 0 Å². The Hall–Kier alpha value is -1.97. The molecular formula is C23H41BN4O6. The topological polar surface area (TPSA) is 123 Å². The molecule has 0 unspecified atom stereocenters. The molecule has 2 heterocycles. The van der Waals surface area contributed by atoms with Crippen LogP contribution in [0.4, 0.5) is 4.79 Å². The predicted octanol–water partition coefficient (Wildman–Crippen LogP) is 5.12. The lowest BCUT2D eigenvalue weighted by Gasteiger charge is -2.55. The Morgan fingerprint density at radius 2 is 1.59 bits per heavy atom. The minimum atomic E-state index is -0.912. The summed E-state index contributed by atoms with van der Waals surface area (Å²) in [5.41, 5.74) is 5.94. The first-order valence-corrected chi connectivity index (χ1v) is 11.9. The van der Waals surface area contributed by atoms with Crippen LogP contribution in [0.1, 0.15) is 82.1 Å². The number of rotatable bonds is 7. The number of carbonyl (C=O) groups is 2. The maximum absolute atomic E-state index is 13.2. The van der Waals surface area contributed by atoms with Crippen LogP contribution >= 0.6 is 0 Å². The average molecular weight is 480 g/mol. The number of carbonyl (C=O) groups excluding carboxylic acids is 2. The summed E-state index contributed by atoms with van der Waals surface area (Å²) in [4.78, 5) is 30.4. The van der Waals surface area contributed by atoms with Crippen molar-refractivity contribution in [2.24, 2.45) is 10.5 Å². The fraction of sp³-hybridized carbons (Fsp3) is 0.913. The van der Waals surface area contributed by atoms with Crippen molar-refractivity contribution in [1.29, 1.82) is 0 Å². The highest BCUT2D eigenvalue weighted by atomic mass is 16.7. The van der Waals surface area contributed by atoms with Crippen LogP contribution in [0.15, 0.2) is 5.11 Å². The van der Waals surface area contributed by atoms with Gasteiger partial charge in [0, 0.05) is 23.4 Å². The van der Waals surface area contributed by atoms with E-state index in [1.54, 1.807) is 41.5 Å². The number of likely N-dealkylation sites (tertiary alicyclic amines) is 1. The van der Waals surface area contributed by atoms with Gasteiger partial charge in [-0.25, -0.2) is 9.59 Å². The minimum absolute atomic E-state index is 0.0656. The molecule has 2 saturated heterocycles. The van der Waals surface area contributed by atoms with Crippen LogP contribution in [-0.2, 0) is 23.6 Å². The monoisotopic (exact) mass is 480 g/mol. The van der Waals surface area contributed by atoms with Crippen molar-refractivity contribution in [2.45, 2.75) is 117 Å². The van der Waals surface area contributed by atoms with Crippen molar-refractivity contribution in [3.8, 4) is 0 Å². The van der Waals surface area contributed by atoms with E-state index in [0.717, 1.165) is 0 Å². The van der Waals surface area contributed by atoms with Gasteiger partial charge in [-0.05, 0) is 87.5 Å². The van der Waals surface area contributed by atoms with Crippen LogP contribution in [0.3, 0.4) is 0 Å². The number of ether oxygens (including phenoxy) is 2. The van der Waals surface area contributed by atoms with Gasteiger partial charge in [-0.1, -0.05) is 11.5 Å². The van der Waals surface area contributed by atoms with E-state index >= 15 is 0 Å². The minimum Gasteiger partial charge on any atom is -0.458 e. The standard InChI is InChI=1S/C23H41BN4O6/c1-19(2,3)31-17(29)16-23(14-26-27-25,15-28(16)18(30)32-20(4,5)6)12-11-13-24-33-21(7,8)22(9,10)34-24/h16H,11-15H2,1-10H3/t16-,23-/m1/s1. The van der Waals surface area contributed by atoms with Gasteiger partial charge in [-0.15, -0.1) is 0 Å². The quantitative estimate of drug-likeness (QED) is 0.164. The Bertz CT molecular complexity index is 812. The number of hydrogen-bond donors (Lipinski definition) is 0. The maximum atomic E-state index is 13.2. The van der Waals surface area contributed by atoms with Gasteiger partial charge < -0.3 is 18.8 Å². The lowest BCUT2D eigenvalue weighted by molar-refractivity contribution is -0.180. The van der Waals surface area contributed by atoms with E-state index in [0.29, 0.717) is 19.2 Å². The average Bonchev–Trinajstić information content (AvgIpc) is 2.79. The molecule has 2 rings (SSSR count). The molecule has 0 aromatic heterocycles. The molecule has 0 saturated carbocycles. The summed E-state index contributed by atoms with van der Waals surface area (Å²) < 4.78 is 23.3. The Morgan fingerprint density at radius 1 is 1.06 bits per heavy atom. The summed E-state index contributed by atoms with van der Waals surface area (Å²) in [6, 6.07) is -0.912. The van der Waals surface area contributed by atoms with E-state index in [9.17, 15) is 9.59 Å². The molecule has 0 aliphatic carbocycles. The summed E-state index contributed by atoms with van der Waals surface area (Å²) >= 11 is 0. The summed E-state index contributed by atoms with van der Waals surface area (Å²) in [6.07, 6.45) is 1.20. The van der Waals surface area contributed by atoms with E-state index in [1.807, 2.05) is 27.7 Å². The first kappa shape index (κ1) is 28.3. The molecular weight excluding hydrogens is 439 g/mol. The van der Waals surface area contributed by atoms with Gasteiger partial charge in [-0.2, -0.15) is 0 Å². The van der Waals surface area contributed by atoms with Gasteiger partial charge >= 0.3 is 19.2 Å². The molecule has 1 amide bonds. The van der Waals surface area contributed by atoms with Crippen molar-refractivity contribution < 1.29 is 28.4 Å². The molecule has 10 nitrogen and oxygen atoms in total. The van der Waals surface area contributed by atoms with E-state index < -0.39 is 45.9 Å². The van der Waals surface area contributed by atoms with E-state index in [2.05, 4.69) is 10.0 Å². The molecule has 0 radical (unpaired) electrons. The van der Waals surface area contributed by atoms with Crippen LogP contribution in [0.2, 0.25) is 6.32 Å². The van der Waals surface area contributed by atoms with Crippen molar-refractivity contribution in [2.75, 3.05) is 13.1 Å². The fourth-order valence-electron chi connectivity index (χ4n) is 4.27. The number of azide groups is 1. The zero-order valence-corrected chi connectivity index (χ0v) is 22.4. The Balaban J connectivity index is 2.22. The molecule has 192 valence electrons. The van der Waals surface area contributed by atoms with Crippen molar-refractivity contribution in [3.05, 3.63) is 10.4 Å². The Labute approximate surface area is 203 Å². The van der Waals surface area contributed by atoms with Gasteiger partial charge in [-0.3, -0.25) is 4.90 Å². The van der Waals surface area contributed by atoms with Crippen molar-refractivity contribution in [3.63, 3.8) is 0 Å². The van der Waals surface area contributed by atoms with Crippen LogP contribution in [0.5, 0.6) is 0 Å². The Kier molecular flexibility index (Phi) is 7.97. The number of amides is 1. The summed E-state index contributed by atoms with van der Waals surface area (Å²) in [5.74, 6) is -0.534. The molecule has 0 aromatic rings. The zero-order valence-electron chi connectivity index (χ0n) is 22.4. The van der Waals surface area contributed by atoms with Crippen LogP contribution in [-0.4, -0.2) is 65.6 Å². The van der Waals surface area contributed by atoms with Gasteiger partial charge in [0.05, 0.1) is 11.2 Å². The molecule has 2 fully saturated rings. The molecule has 0 spiro atoms. The molecule has 34 heavy (non-hydrogen) atoms. The molecule has 0 aromatic carbocycles. The third kappa shape index (κ3) is 6.58. The number of esters is 1. The third-order valence-electron chi connectivity index (χ3n) is 6.50. The van der Waals surface area contributed by atoms with Gasteiger partial charge in [0.2, 0.25) is 0 Å². The zero-order chi connectivity index (χ0) is 26.2. The first-order chi connectivity index (χ1) is 15.3. The fourth-order valence-corrected chi connectivity index (χ4v) is 4.27. The highest BCUT2D eigenvalue weighted by molar-refractivity contribution is 6.45. The van der Waals surface area contributed by atoms with E-state index in [1.165, 1.54) is 4.90 Å². The number of nitrogens with zero attached hydrogens (tertiary/aromatic N) is 4. The van der Waals surface area contributed by atoms with Crippen LogP contribution in [0.25, 0.3) is 10.4 Å². The largest absolute Gasteiger partial charge is 0.458 e. The third-order valence-corrected chi connectivity index (χ3v) is 6.50. The lowest BCUT2D eigenvalue weighted by Crippen LogP contribution is -2.71. The molecule has 2 atom stereocenters. The smallest absolute Gasteiger partial charge is 0.457 e. The second-order valence-electron chi connectivity index (χ2n) is 12.4. The van der Waals surface area contributed by atoms with E-state index in [4.69, 9.17) is 24.3 Å². The normalized spacial score (nSPS) is 25.9. The summed E-state index contributed by atoms with van der Waals surface area (Å²) in [5, 5.41) is 3.79. The summed E-state index contributed by atoms with van der Waals surface area (Å²) in [6.45, 7) is 18.9. The Morgan fingerprint density at radius 3 is 2.06 bits per heavy atom. The second kappa shape index (κ2) is 9.59. The number of hydrogen-bond acceptors (Lipinski definition) is 7.